The van der Waals surface area contributed by atoms with Crippen molar-refractivity contribution < 1.29 is 32.3 Å². The highest BCUT2D eigenvalue weighted by Crippen LogP contribution is 2.29. The first-order valence-electron chi connectivity index (χ1n) is 8.52. The number of carbonyl (C=O) groups is 3. The minimum absolute atomic E-state index is 0.161. The predicted octanol–water partition coefficient (Wildman–Crippen LogP) is 3.18. The molecule has 0 spiro atoms. The van der Waals surface area contributed by atoms with Crippen LogP contribution in [0, 0.1) is 0 Å². The van der Waals surface area contributed by atoms with Gasteiger partial charge in [-0.15, -0.1) is 0 Å². The van der Waals surface area contributed by atoms with E-state index < -0.39 is 29.7 Å². The van der Waals surface area contributed by atoms with Gasteiger partial charge >= 0.3 is 12.1 Å². The Labute approximate surface area is 165 Å². The summed E-state index contributed by atoms with van der Waals surface area (Å²) >= 11 is 0. The van der Waals surface area contributed by atoms with Crippen LogP contribution in [0.4, 0.5) is 18.9 Å². The van der Waals surface area contributed by atoms with Crippen molar-refractivity contribution in [2.45, 2.75) is 25.6 Å². The monoisotopic (exact) mass is 408 g/mol. The number of ether oxygens (including phenoxy) is 1. The highest BCUT2D eigenvalue weighted by molar-refractivity contribution is 5.98. The number of methoxy groups -OCH3 is 1. The molecule has 1 atom stereocenters. The van der Waals surface area contributed by atoms with E-state index in [0.29, 0.717) is 5.69 Å². The van der Waals surface area contributed by atoms with Gasteiger partial charge in [0.2, 0.25) is 5.91 Å². The summed E-state index contributed by atoms with van der Waals surface area (Å²) in [5.41, 5.74) is -0.0951. The minimum atomic E-state index is -4.52. The van der Waals surface area contributed by atoms with Crippen LogP contribution in [0.3, 0.4) is 0 Å². The van der Waals surface area contributed by atoms with Crippen LogP contribution < -0.4 is 10.6 Å². The molecule has 0 bridgehead atoms. The summed E-state index contributed by atoms with van der Waals surface area (Å²) < 4.78 is 43.4. The van der Waals surface area contributed by atoms with E-state index in [1.165, 1.54) is 31.2 Å². The molecule has 2 amide bonds. The molecule has 2 aromatic rings. The molecular weight excluding hydrogens is 389 g/mol. The molecule has 0 saturated heterocycles. The van der Waals surface area contributed by atoms with Crippen LogP contribution in [-0.4, -0.2) is 30.9 Å². The SMILES string of the molecule is COC(=O)[C@@H](Cc1cccc(C(F)(F)F)c1)NC(=O)c1cccc(NC(C)=O)c1. The summed E-state index contributed by atoms with van der Waals surface area (Å²) in [6, 6.07) is 9.30. The van der Waals surface area contributed by atoms with Crippen molar-refractivity contribution in [3.63, 3.8) is 0 Å². The zero-order valence-electron chi connectivity index (χ0n) is 15.7. The second-order valence-electron chi connectivity index (χ2n) is 6.21. The van der Waals surface area contributed by atoms with E-state index in [-0.39, 0.29) is 23.5 Å². The number of hydrogen-bond acceptors (Lipinski definition) is 4. The summed E-state index contributed by atoms with van der Waals surface area (Å²) in [7, 11) is 1.12. The third kappa shape index (κ3) is 6.34. The zero-order valence-corrected chi connectivity index (χ0v) is 15.7. The van der Waals surface area contributed by atoms with Crippen LogP contribution in [0.2, 0.25) is 0 Å². The maximum absolute atomic E-state index is 12.9. The number of alkyl halides is 3. The highest BCUT2D eigenvalue weighted by atomic mass is 19.4. The summed E-state index contributed by atoms with van der Waals surface area (Å²) in [5.74, 6) is -1.76. The molecule has 0 heterocycles. The minimum Gasteiger partial charge on any atom is -0.467 e. The van der Waals surface area contributed by atoms with Crippen molar-refractivity contribution in [2.75, 3.05) is 12.4 Å². The number of amides is 2. The molecule has 0 aliphatic carbocycles. The standard InChI is InChI=1S/C20H19F3N2O4/c1-12(26)24-16-8-4-6-14(11-16)18(27)25-17(19(28)29-2)10-13-5-3-7-15(9-13)20(21,22)23/h3-9,11,17H,10H2,1-2H3,(H,24,26)(H,25,27)/t17-/m1/s1. The molecule has 2 aromatic carbocycles. The predicted molar refractivity (Wildman–Crippen MR) is 99.2 cm³/mol. The molecule has 2 rings (SSSR count). The topological polar surface area (TPSA) is 84.5 Å². The van der Waals surface area contributed by atoms with E-state index >= 15 is 0 Å². The number of carbonyl (C=O) groups excluding carboxylic acids is 3. The maximum Gasteiger partial charge on any atom is 0.416 e. The van der Waals surface area contributed by atoms with Gasteiger partial charge in [0.15, 0.2) is 0 Å². The zero-order chi connectivity index (χ0) is 21.6. The number of nitrogens with one attached hydrogen (secondary N) is 2. The van der Waals surface area contributed by atoms with Gasteiger partial charge in [0.25, 0.3) is 5.91 Å². The molecule has 0 aromatic heterocycles. The largest absolute Gasteiger partial charge is 0.467 e. The Hall–Kier alpha value is -3.36. The lowest BCUT2D eigenvalue weighted by Gasteiger charge is -2.18. The van der Waals surface area contributed by atoms with Gasteiger partial charge in [0.1, 0.15) is 6.04 Å². The number of anilines is 1. The lowest BCUT2D eigenvalue weighted by molar-refractivity contribution is -0.142. The third-order valence-electron chi connectivity index (χ3n) is 3.93. The van der Waals surface area contributed by atoms with Gasteiger partial charge in [-0.2, -0.15) is 13.2 Å². The Morgan fingerprint density at radius 3 is 2.38 bits per heavy atom. The molecule has 154 valence electrons. The molecule has 0 unspecified atom stereocenters. The first-order valence-corrected chi connectivity index (χ1v) is 8.52. The fourth-order valence-electron chi connectivity index (χ4n) is 2.63. The maximum atomic E-state index is 12.9. The summed E-state index contributed by atoms with van der Waals surface area (Å²) in [6.07, 6.45) is -4.71. The molecule has 0 radical (unpaired) electrons. The fraction of sp³-hybridized carbons (Fsp3) is 0.250. The molecule has 29 heavy (non-hydrogen) atoms. The summed E-state index contributed by atoms with van der Waals surface area (Å²) in [5, 5.41) is 4.99. The molecule has 0 aliphatic rings. The average molecular weight is 408 g/mol. The van der Waals surface area contributed by atoms with Crippen LogP contribution >= 0.6 is 0 Å². The van der Waals surface area contributed by atoms with Crippen molar-refractivity contribution in [1.82, 2.24) is 5.32 Å². The first-order chi connectivity index (χ1) is 13.6. The van der Waals surface area contributed by atoms with Gasteiger partial charge in [-0.1, -0.05) is 24.3 Å². The van der Waals surface area contributed by atoms with Gasteiger partial charge in [-0.05, 0) is 29.8 Å². The quantitative estimate of drug-likeness (QED) is 0.719. The van der Waals surface area contributed by atoms with Crippen LogP contribution in [0.5, 0.6) is 0 Å². The van der Waals surface area contributed by atoms with E-state index in [4.69, 9.17) is 0 Å². The van der Waals surface area contributed by atoms with Gasteiger partial charge < -0.3 is 15.4 Å². The highest BCUT2D eigenvalue weighted by Gasteiger charge is 2.31. The number of rotatable bonds is 6. The molecule has 0 aliphatic heterocycles. The van der Waals surface area contributed by atoms with Gasteiger partial charge in [0.05, 0.1) is 12.7 Å². The molecular formula is C20H19F3N2O4. The summed E-state index contributed by atoms with van der Waals surface area (Å²) in [4.78, 5) is 35.7. The second-order valence-corrected chi connectivity index (χ2v) is 6.21. The van der Waals surface area contributed by atoms with Crippen LogP contribution in [0.1, 0.15) is 28.4 Å². The van der Waals surface area contributed by atoms with Crippen LogP contribution in [0.25, 0.3) is 0 Å². The number of benzene rings is 2. The van der Waals surface area contributed by atoms with Crippen LogP contribution in [-0.2, 0) is 26.9 Å². The first kappa shape index (κ1) is 21.9. The second kappa shape index (κ2) is 9.22. The Morgan fingerprint density at radius 1 is 1.07 bits per heavy atom. The normalized spacial score (nSPS) is 12.0. The molecule has 9 heteroatoms. The Kier molecular flexibility index (Phi) is 6.98. The molecule has 0 saturated carbocycles. The van der Waals surface area contributed by atoms with E-state index in [9.17, 15) is 27.6 Å². The van der Waals surface area contributed by atoms with Crippen molar-refractivity contribution in [1.29, 1.82) is 0 Å². The van der Waals surface area contributed by atoms with Crippen molar-refractivity contribution in [3.8, 4) is 0 Å². The van der Waals surface area contributed by atoms with E-state index in [2.05, 4.69) is 15.4 Å². The van der Waals surface area contributed by atoms with Crippen molar-refractivity contribution >= 4 is 23.5 Å². The molecule has 2 N–H and O–H groups in total. The Bertz CT molecular complexity index is 913. The average Bonchev–Trinajstić information content (AvgIpc) is 2.66. The fourth-order valence-corrected chi connectivity index (χ4v) is 2.63. The number of halogens is 3. The third-order valence-corrected chi connectivity index (χ3v) is 3.93. The lowest BCUT2D eigenvalue weighted by atomic mass is 10.0. The van der Waals surface area contributed by atoms with Crippen LogP contribution in [0.15, 0.2) is 48.5 Å². The van der Waals surface area contributed by atoms with Crippen molar-refractivity contribution in [3.05, 3.63) is 65.2 Å². The smallest absolute Gasteiger partial charge is 0.416 e. The Morgan fingerprint density at radius 2 is 1.76 bits per heavy atom. The van der Waals surface area contributed by atoms with Gasteiger partial charge in [0, 0.05) is 24.6 Å². The molecule has 0 fully saturated rings. The van der Waals surface area contributed by atoms with E-state index in [1.54, 1.807) is 12.1 Å². The van der Waals surface area contributed by atoms with E-state index in [1.807, 2.05) is 0 Å². The summed E-state index contributed by atoms with van der Waals surface area (Å²) in [6.45, 7) is 1.31. The van der Waals surface area contributed by atoms with Gasteiger partial charge in [-0.25, -0.2) is 4.79 Å². The number of hydrogen-bond donors (Lipinski definition) is 2. The lowest BCUT2D eigenvalue weighted by Crippen LogP contribution is -2.43. The van der Waals surface area contributed by atoms with Gasteiger partial charge in [-0.3, -0.25) is 9.59 Å². The van der Waals surface area contributed by atoms with Crippen molar-refractivity contribution in [2.24, 2.45) is 0 Å². The Balaban J connectivity index is 2.20. The van der Waals surface area contributed by atoms with E-state index in [0.717, 1.165) is 19.2 Å². The number of esters is 1. The molecule has 6 nitrogen and oxygen atoms in total.